The number of aromatic nitrogens is 2. The van der Waals surface area contributed by atoms with Crippen LogP contribution in [0.5, 0.6) is 0 Å². The molecule has 0 aromatic carbocycles. The molecule has 3 rings (SSSR count). The first-order valence-electron chi connectivity index (χ1n) is 7.58. The van der Waals surface area contributed by atoms with Crippen molar-refractivity contribution in [3.63, 3.8) is 0 Å². The molecule has 0 amide bonds. The number of nitrogens with one attached hydrogen (secondary N) is 1. The van der Waals surface area contributed by atoms with Crippen molar-refractivity contribution in [2.45, 2.75) is 19.9 Å². The Kier molecular flexibility index (Phi) is 4.46. The van der Waals surface area contributed by atoms with Crippen molar-refractivity contribution in [2.75, 3.05) is 25.0 Å². The predicted molar refractivity (Wildman–Crippen MR) is 85.1 cm³/mol. The maximum Gasteiger partial charge on any atom is 0.126 e. The standard InChI is InChI=1S/C17H22N4/c1-14-4-2-6-17(20-14)19-11-16-7-9-21(13-16)12-15-5-3-8-18-10-15/h2-6,8,10,16H,7,9,11-13H2,1H3,(H,19,20). The highest BCUT2D eigenvalue weighted by Gasteiger charge is 2.22. The Bertz CT molecular complexity index is 570. The third-order valence-electron chi connectivity index (χ3n) is 3.96. The number of likely N-dealkylation sites (tertiary alicyclic amines) is 1. The summed E-state index contributed by atoms with van der Waals surface area (Å²) in [5.41, 5.74) is 2.36. The van der Waals surface area contributed by atoms with Crippen LogP contribution in [0.2, 0.25) is 0 Å². The van der Waals surface area contributed by atoms with Gasteiger partial charge in [0.25, 0.3) is 0 Å². The van der Waals surface area contributed by atoms with E-state index in [4.69, 9.17) is 0 Å². The van der Waals surface area contributed by atoms with Gasteiger partial charge in [-0.25, -0.2) is 4.98 Å². The van der Waals surface area contributed by atoms with Gasteiger partial charge < -0.3 is 5.32 Å². The molecule has 21 heavy (non-hydrogen) atoms. The molecule has 0 bridgehead atoms. The Balaban J connectivity index is 1.46. The lowest BCUT2D eigenvalue weighted by Crippen LogP contribution is -2.22. The van der Waals surface area contributed by atoms with Crippen LogP contribution >= 0.6 is 0 Å². The number of hydrogen-bond donors (Lipinski definition) is 1. The summed E-state index contributed by atoms with van der Waals surface area (Å²) in [5, 5.41) is 3.46. The van der Waals surface area contributed by atoms with Crippen LogP contribution in [0.1, 0.15) is 17.7 Å². The number of hydrogen-bond acceptors (Lipinski definition) is 4. The molecule has 0 radical (unpaired) electrons. The van der Waals surface area contributed by atoms with Crippen LogP contribution in [0, 0.1) is 12.8 Å². The van der Waals surface area contributed by atoms with E-state index in [1.807, 2.05) is 43.6 Å². The lowest BCUT2D eigenvalue weighted by atomic mass is 10.1. The van der Waals surface area contributed by atoms with Crippen LogP contribution < -0.4 is 5.32 Å². The van der Waals surface area contributed by atoms with E-state index < -0.39 is 0 Å². The first-order chi connectivity index (χ1) is 10.3. The molecule has 3 heterocycles. The predicted octanol–water partition coefficient (Wildman–Crippen LogP) is 2.72. The van der Waals surface area contributed by atoms with Crippen molar-refractivity contribution in [3.8, 4) is 0 Å². The van der Waals surface area contributed by atoms with E-state index >= 15 is 0 Å². The number of pyridine rings is 2. The van der Waals surface area contributed by atoms with Crippen LogP contribution in [0.3, 0.4) is 0 Å². The smallest absolute Gasteiger partial charge is 0.126 e. The highest BCUT2D eigenvalue weighted by atomic mass is 15.2. The van der Waals surface area contributed by atoms with Gasteiger partial charge in [-0.05, 0) is 49.6 Å². The van der Waals surface area contributed by atoms with Gasteiger partial charge in [-0.1, -0.05) is 12.1 Å². The highest BCUT2D eigenvalue weighted by molar-refractivity contribution is 5.35. The molecule has 1 unspecified atom stereocenters. The SMILES string of the molecule is Cc1cccc(NCC2CCN(Cc3cccnc3)C2)n1. The Morgan fingerprint density at radius 1 is 1.29 bits per heavy atom. The molecule has 0 saturated carbocycles. The Hall–Kier alpha value is -1.94. The van der Waals surface area contributed by atoms with E-state index in [0.29, 0.717) is 5.92 Å². The van der Waals surface area contributed by atoms with E-state index in [1.54, 1.807) is 0 Å². The second kappa shape index (κ2) is 6.68. The fourth-order valence-corrected chi connectivity index (χ4v) is 2.86. The molecule has 1 aliphatic rings. The van der Waals surface area contributed by atoms with Crippen LogP contribution in [0.4, 0.5) is 5.82 Å². The van der Waals surface area contributed by atoms with Crippen molar-refractivity contribution in [2.24, 2.45) is 5.92 Å². The fourth-order valence-electron chi connectivity index (χ4n) is 2.86. The number of aryl methyl sites for hydroxylation is 1. The third kappa shape index (κ3) is 4.02. The van der Waals surface area contributed by atoms with Crippen LogP contribution in [0.25, 0.3) is 0 Å². The van der Waals surface area contributed by atoms with E-state index in [0.717, 1.165) is 31.1 Å². The van der Waals surface area contributed by atoms with Gasteiger partial charge in [0.15, 0.2) is 0 Å². The monoisotopic (exact) mass is 282 g/mol. The molecule has 4 heteroatoms. The van der Waals surface area contributed by atoms with E-state index in [9.17, 15) is 0 Å². The minimum Gasteiger partial charge on any atom is -0.370 e. The largest absolute Gasteiger partial charge is 0.370 e. The van der Waals surface area contributed by atoms with Crippen molar-refractivity contribution < 1.29 is 0 Å². The first kappa shape index (κ1) is 14.0. The Morgan fingerprint density at radius 3 is 3.05 bits per heavy atom. The summed E-state index contributed by atoms with van der Waals surface area (Å²) < 4.78 is 0. The Morgan fingerprint density at radius 2 is 2.24 bits per heavy atom. The summed E-state index contributed by atoms with van der Waals surface area (Å²) >= 11 is 0. The molecule has 110 valence electrons. The minimum atomic E-state index is 0.698. The van der Waals surface area contributed by atoms with Gasteiger partial charge in [0.05, 0.1) is 0 Å². The second-order valence-electron chi connectivity index (χ2n) is 5.80. The molecule has 2 aromatic heterocycles. The zero-order valence-corrected chi connectivity index (χ0v) is 12.5. The van der Waals surface area contributed by atoms with Crippen LogP contribution in [-0.2, 0) is 6.54 Å². The molecule has 1 N–H and O–H groups in total. The average molecular weight is 282 g/mol. The maximum absolute atomic E-state index is 4.49. The minimum absolute atomic E-state index is 0.698. The van der Waals surface area contributed by atoms with Gasteiger partial charge in [0, 0.05) is 37.7 Å². The van der Waals surface area contributed by atoms with E-state index in [1.165, 1.54) is 18.5 Å². The average Bonchev–Trinajstić information content (AvgIpc) is 2.94. The summed E-state index contributed by atoms with van der Waals surface area (Å²) in [5.74, 6) is 1.68. The van der Waals surface area contributed by atoms with Gasteiger partial charge in [-0.15, -0.1) is 0 Å². The summed E-state index contributed by atoms with van der Waals surface area (Å²) in [7, 11) is 0. The van der Waals surface area contributed by atoms with Crippen molar-refractivity contribution in [1.29, 1.82) is 0 Å². The van der Waals surface area contributed by atoms with Crippen molar-refractivity contribution in [1.82, 2.24) is 14.9 Å². The van der Waals surface area contributed by atoms with Gasteiger partial charge in [0.1, 0.15) is 5.82 Å². The molecule has 4 nitrogen and oxygen atoms in total. The molecule has 2 aromatic rings. The molecule has 0 spiro atoms. The molecular weight excluding hydrogens is 260 g/mol. The molecular formula is C17H22N4. The highest BCUT2D eigenvalue weighted by Crippen LogP contribution is 2.19. The lowest BCUT2D eigenvalue weighted by Gasteiger charge is -2.16. The topological polar surface area (TPSA) is 41.0 Å². The lowest BCUT2D eigenvalue weighted by molar-refractivity contribution is 0.318. The number of rotatable bonds is 5. The van der Waals surface area contributed by atoms with Crippen LogP contribution in [-0.4, -0.2) is 34.5 Å². The quantitative estimate of drug-likeness (QED) is 0.915. The van der Waals surface area contributed by atoms with Gasteiger partial charge in [0.2, 0.25) is 0 Å². The zero-order chi connectivity index (χ0) is 14.5. The Labute approximate surface area is 126 Å². The molecule has 1 fully saturated rings. The number of nitrogens with zero attached hydrogens (tertiary/aromatic N) is 3. The normalized spacial score (nSPS) is 18.8. The molecule has 1 aliphatic heterocycles. The van der Waals surface area contributed by atoms with E-state index in [-0.39, 0.29) is 0 Å². The van der Waals surface area contributed by atoms with E-state index in [2.05, 4.69) is 26.3 Å². The summed E-state index contributed by atoms with van der Waals surface area (Å²) in [4.78, 5) is 11.2. The fraction of sp³-hybridized carbons (Fsp3) is 0.412. The first-order valence-corrected chi connectivity index (χ1v) is 7.58. The van der Waals surface area contributed by atoms with Crippen LogP contribution in [0.15, 0.2) is 42.7 Å². The third-order valence-corrected chi connectivity index (χ3v) is 3.96. The van der Waals surface area contributed by atoms with Crippen molar-refractivity contribution >= 4 is 5.82 Å². The van der Waals surface area contributed by atoms with Gasteiger partial charge >= 0.3 is 0 Å². The summed E-state index contributed by atoms with van der Waals surface area (Å²) in [6, 6.07) is 10.3. The van der Waals surface area contributed by atoms with Gasteiger partial charge in [-0.2, -0.15) is 0 Å². The molecule has 1 atom stereocenters. The second-order valence-corrected chi connectivity index (χ2v) is 5.80. The summed E-state index contributed by atoms with van der Waals surface area (Å²) in [6.45, 7) is 6.35. The number of anilines is 1. The zero-order valence-electron chi connectivity index (χ0n) is 12.5. The maximum atomic E-state index is 4.49. The summed E-state index contributed by atoms with van der Waals surface area (Å²) in [6.07, 6.45) is 5.04. The molecule has 1 saturated heterocycles. The van der Waals surface area contributed by atoms with Crippen molar-refractivity contribution in [3.05, 3.63) is 54.0 Å². The molecule has 0 aliphatic carbocycles. The van der Waals surface area contributed by atoms with Gasteiger partial charge in [-0.3, -0.25) is 9.88 Å².